The van der Waals surface area contributed by atoms with Gasteiger partial charge in [0, 0.05) is 5.56 Å². The first-order valence-corrected chi connectivity index (χ1v) is 13.3. The molecule has 1 aromatic rings. The minimum atomic E-state index is -5.74. The zero-order valence-electron chi connectivity index (χ0n) is 16.9. The van der Waals surface area contributed by atoms with Crippen molar-refractivity contribution in [1.29, 1.82) is 0 Å². The van der Waals surface area contributed by atoms with Crippen LogP contribution in [0.4, 0.5) is 13.2 Å². The van der Waals surface area contributed by atoms with Crippen molar-refractivity contribution in [2.45, 2.75) is 77.5 Å². The van der Waals surface area contributed by atoms with Crippen LogP contribution in [-0.2, 0) is 20.9 Å². The Kier molecular flexibility index (Phi) is 5.79. The van der Waals surface area contributed by atoms with Crippen LogP contribution in [0.25, 0.3) is 0 Å². The molecule has 0 spiro atoms. The molecule has 0 heterocycles. The van der Waals surface area contributed by atoms with E-state index in [0.29, 0.717) is 10.8 Å². The van der Waals surface area contributed by atoms with Crippen molar-refractivity contribution in [3.05, 3.63) is 23.3 Å². The van der Waals surface area contributed by atoms with Crippen LogP contribution in [0.2, 0.25) is 19.6 Å². The van der Waals surface area contributed by atoms with Crippen molar-refractivity contribution >= 4 is 23.4 Å². The van der Waals surface area contributed by atoms with Crippen LogP contribution in [0, 0.1) is 0 Å². The third-order valence-corrected chi connectivity index (χ3v) is 6.99. The normalized spacial score (nSPS) is 14.5. The van der Waals surface area contributed by atoms with E-state index in [1.54, 1.807) is 6.07 Å². The maximum atomic E-state index is 12.9. The fourth-order valence-corrected chi connectivity index (χ4v) is 4.45. The zero-order valence-corrected chi connectivity index (χ0v) is 18.7. The Morgan fingerprint density at radius 1 is 0.885 bits per heavy atom. The summed E-state index contributed by atoms with van der Waals surface area (Å²) < 4.78 is 67.0. The summed E-state index contributed by atoms with van der Waals surface area (Å²) >= 11 is 0. The van der Waals surface area contributed by atoms with Gasteiger partial charge in [0.05, 0.1) is 8.07 Å². The van der Waals surface area contributed by atoms with E-state index in [1.165, 1.54) is 0 Å². The van der Waals surface area contributed by atoms with Gasteiger partial charge in [0.25, 0.3) is 0 Å². The molecule has 8 heteroatoms. The van der Waals surface area contributed by atoms with E-state index in [1.807, 2.05) is 67.2 Å². The van der Waals surface area contributed by atoms with Crippen molar-refractivity contribution in [3.63, 3.8) is 0 Å². The number of hydrogen-bond acceptors (Lipinski definition) is 3. The van der Waals surface area contributed by atoms with E-state index in [2.05, 4.69) is 0 Å². The van der Waals surface area contributed by atoms with Crippen molar-refractivity contribution in [2.75, 3.05) is 0 Å². The maximum Gasteiger partial charge on any atom is 0.534 e. The molecule has 0 aliphatic heterocycles. The Bertz CT molecular complexity index is 743. The van der Waals surface area contributed by atoms with Crippen molar-refractivity contribution in [1.82, 2.24) is 0 Å². The van der Waals surface area contributed by atoms with Crippen molar-refractivity contribution < 1.29 is 25.8 Å². The first-order valence-electron chi connectivity index (χ1n) is 8.38. The van der Waals surface area contributed by atoms with Crippen LogP contribution in [0.1, 0.15) is 52.7 Å². The lowest BCUT2D eigenvalue weighted by atomic mass is 9.80. The van der Waals surface area contributed by atoms with Crippen LogP contribution in [0.3, 0.4) is 0 Å². The van der Waals surface area contributed by atoms with Gasteiger partial charge < -0.3 is 4.18 Å². The van der Waals surface area contributed by atoms with Gasteiger partial charge in [-0.15, -0.1) is 0 Å². The van der Waals surface area contributed by atoms with E-state index in [9.17, 15) is 21.6 Å². The predicted molar refractivity (Wildman–Crippen MR) is 102 cm³/mol. The molecule has 0 amide bonds. The molecule has 0 saturated heterocycles. The molecule has 0 saturated carbocycles. The molecular weight excluding hydrogens is 381 g/mol. The summed E-state index contributed by atoms with van der Waals surface area (Å²) in [7, 11) is -7.96. The summed E-state index contributed by atoms with van der Waals surface area (Å²) in [5, 5.41) is 0.572. The Labute approximate surface area is 156 Å². The zero-order chi connectivity index (χ0) is 20.9. The Morgan fingerprint density at radius 2 is 1.35 bits per heavy atom. The first-order chi connectivity index (χ1) is 11.2. The molecule has 0 fully saturated rings. The summed E-state index contributed by atoms with van der Waals surface area (Å²) in [5.74, 6) is -0.165. The Morgan fingerprint density at radius 3 is 1.65 bits per heavy atom. The Hall–Kier alpha value is -1.02. The molecule has 0 radical (unpaired) electrons. The van der Waals surface area contributed by atoms with Gasteiger partial charge in [-0.2, -0.15) is 21.6 Å². The third-order valence-electron chi connectivity index (χ3n) is 4.05. The predicted octanol–water partition coefficient (Wildman–Crippen LogP) is 5.06. The molecule has 26 heavy (non-hydrogen) atoms. The largest absolute Gasteiger partial charge is 0.534 e. The minimum absolute atomic E-state index is 0.165. The number of hydrogen-bond donors (Lipinski definition) is 0. The van der Waals surface area contributed by atoms with Crippen molar-refractivity contribution in [2.24, 2.45) is 0 Å². The van der Waals surface area contributed by atoms with E-state index >= 15 is 0 Å². The molecule has 0 aliphatic rings. The number of halogens is 3. The van der Waals surface area contributed by atoms with Crippen LogP contribution >= 0.6 is 0 Å². The summed E-state index contributed by atoms with van der Waals surface area (Å²) in [6.45, 7) is 17.4. The van der Waals surface area contributed by atoms with E-state index < -0.39 is 29.1 Å². The number of rotatable bonds is 3. The van der Waals surface area contributed by atoms with Gasteiger partial charge in [0.2, 0.25) is 0 Å². The monoisotopic (exact) mass is 410 g/mol. The summed E-state index contributed by atoms with van der Waals surface area (Å²) in [5.41, 5.74) is -4.89. The molecule has 0 aromatic heterocycles. The highest BCUT2D eigenvalue weighted by Gasteiger charge is 2.49. The maximum absolute atomic E-state index is 12.9. The van der Waals surface area contributed by atoms with Gasteiger partial charge in [-0.3, -0.25) is 0 Å². The van der Waals surface area contributed by atoms with E-state index in [4.69, 9.17) is 4.18 Å². The lowest BCUT2D eigenvalue weighted by Gasteiger charge is -2.32. The number of alkyl halides is 3. The van der Waals surface area contributed by atoms with Gasteiger partial charge in [-0.05, 0) is 21.6 Å². The molecule has 0 atom stereocenters. The third kappa shape index (κ3) is 5.03. The fourth-order valence-electron chi connectivity index (χ4n) is 2.42. The highest BCUT2D eigenvalue weighted by molar-refractivity contribution is 7.88. The van der Waals surface area contributed by atoms with Gasteiger partial charge >= 0.3 is 15.6 Å². The average Bonchev–Trinajstić information content (AvgIpc) is 2.32. The SMILES string of the molecule is CC(C)(C)c1cc(C(C)(C)C)c(OS(=O)(=O)C(F)(F)F)c([Si](C)(C)C)c1. The molecule has 0 unspecified atom stereocenters. The second-order valence-corrected chi connectivity index (χ2v) is 16.2. The molecular formula is C18H29F3O3SSi. The van der Waals surface area contributed by atoms with Gasteiger partial charge in [-0.1, -0.05) is 73.3 Å². The Balaban J connectivity index is 3.93. The second-order valence-electron chi connectivity index (χ2n) is 9.63. The molecule has 1 rings (SSSR count). The fraction of sp³-hybridized carbons (Fsp3) is 0.667. The highest BCUT2D eigenvalue weighted by atomic mass is 32.2. The lowest BCUT2D eigenvalue weighted by molar-refractivity contribution is -0.0500. The second kappa shape index (κ2) is 6.55. The van der Waals surface area contributed by atoms with Gasteiger partial charge in [0.1, 0.15) is 5.75 Å². The van der Waals surface area contributed by atoms with E-state index in [-0.39, 0.29) is 11.2 Å². The van der Waals surface area contributed by atoms with E-state index in [0.717, 1.165) is 5.56 Å². The molecule has 0 N–H and O–H groups in total. The van der Waals surface area contributed by atoms with Gasteiger partial charge in [0.15, 0.2) is 0 Å². The van der Waals surface area contributed by atoms with Gasteiger partial charge in [-0.25, -0.2) is 0 Å². The number of benzene rings is 1. The van der Waals surface area contributed by atoms with Crippen molar-refractivity contribution in [3.8, 4) is 5.75 Å². The topological polar surface area (TPSA) is 43.4 Å². The smallest absolute Gasteiger partial charge is 0.376 e. The standard InChI is InChI=1S/C18H29F3O3SSi/c1-16(2,3)12-10-13(17(4,5)6)15(14(11-12)26(7,8)9)24-25(22,23)18(19,20)21/h10-11H,1-9H3. The lowest BCUT2D eigenvalue weighted by Crippen LogP contribution is -2.42. The van der Waals surface area contributed by atoms with Crippen LogP contribution in [0.5, 0.6) is 5.75 Å². The van der Waals surface area contributed by atoms with Crippen LogP contribution in [0.15, 0.2) is 12.1 Å². The summed E-state index contributed by atoms with van der Waals surface area (Å²) in [6, 6.07) is 3.58. The highest BCUT2D eigenvalue weighted by Crippen LogP contribution is 2.38. The quantitative estimate of drug-likeness (QED) is 0.398. The molecule has 0 aliphatic carbocycles. The molecule has 1 aromatic carbocycles. The van der Waals surface area contributed by atoms with Crippen LogP contribution in [-0.4, -0.2) is 22.0 Å². The minimum Gasteiger partial charge on any atom is -0.376 e. The molecule has 150 valence electrons. The van der Waals surface area contributed by atoms with Crippen LogP contribution < -0.4 is 9.37 Å². The summed E-state index contributed by atoms with van der Waals surface area (Å²) in [4.78, 5) is 0. The molecule has 3 nitrogen and oxygen atoms in total. The summed E-state index contributed by atoms with van der Waals surface area (Å²) in [6.07, 6.45) is 0. The molecule has 0 bridgehead atoms. The first kappa shape index (κ1) is 23.0. The average molecular weight is 411 g/mol.